The molecular weight excluding hydrogens is 310 g/mol. The molecule has 0 aliphatic rings. The van der Waals surface area contributed by atoms with E-state index in [2.05, 4.69) is 4.74 Å². The van der Waals surface area contributed by atoms with Gasteiger partial charge in [-0.3, -0.25) is 4.79 Å². The number of halogens is 10. The summed E-state index contributed by atoms with van der Waals surface area (Å²) in [5, 5.41) is 0. The first-order valence-corrected chi connectivity index (χ1v) is 3.83. The molecule has 0 rings (SSSR count). The highest BCUT2D eigenvalue weighted by Gasteiger charge is 2.77. The van der Waals surface area contributed by atoms with Crippen molar-refractivity contribution in [3.63, 3.8) is 0 Å². The molecule has 0 spiro atoms. The Balaban J connectivity index is 5.81. The number of hydrogen-bond acceptors (Lipinski definition) is 3. The van der Waals surface area contributed by atoms with Crippen molar-refractivity contribution in [3.05, 3.63) is 0 Å². The van der Waals surface area contributed by atoms with E-state index in [1.807, 2.05) is 0 Å². The lowest BCUT2D eigenvalue weighted by Gasteiger charge is -2.30. The summed E-state index contributed by atoms with van der Waals surface area (Å²) in [6.45, 7) is -2.75. The summed E-state index contributed by atoms with van der Waals surface area (Å²) < 4.78 is 123. The number of rotatable bonds is 5. The van der Waals surface area contributed by atoms with Gasteiger partial charge in [-0.2, -0.15) is 35.1 Å². The van der Waals surface area contributed by atoms with Gasteiger partial charge in [0.2, 0.25) is 0 Å². The summed E-state index contributed by atoms with van der Waals surface area (Å²) in [5.41, 5.74) is 0. The topological polar surface area (TPSA) is 35.5 Å². The standard InChI is InChI=1S/C6H2F10O3/c7-1-18-3(8,5(10,11)12)2(17)4(9,19-16)6(13,14)15/h1H2. The van der Waals surface area contributed by atoms with Crippen LogP contribution in [0.5, 0.6) is 0 Å². The largest absolute Gasteiger partial charge is 0.459 e. The van der Waals surface area contributed by atoms with E-state index in [0.29, 0.717) is 0 Å². The number of carbonyl (C=O) groups excluding carboxylic acids is 1. The van der Waals surface area contributed by atoms with Crippen LogP contribution in [0.2, 0.25) is 0 Å². The zero-order valence-electron chi connectivity index (χ0n) is 8.21. The van der Waals surface area contributed by atoms with Gasteiger partial charge in [0.05, 0.1) is 0 Å². The van der Waals surface area contributed by atoms with E-state index < -0.39 is 36.7 Å². The Labute approximate surface area is 96.5 Å². The van der Waals surface area contributed by atoms with Gasteiger partial charge >= 0.3 is 24.1 Å². The van der Waals surface area contributed by atoms with Crippen LogP contribution in [0.15, 0.2) is 0 Å². The van der Waals surface area contributed by atoms with E-state index in [9.17, 15) is 48.8 Å². The van der Waals surface area contributed by atoms with Crippen LogP contribution in [-0.2, 0) is 14.5 Å². The molecule has 0 bridgehead atoms. The van der Waals surface area contributed by atoms with Crippen molar-refractivity contribution in [1.82, 2.24) is 0 Å². The van der Waals surface area contributed by atoms with Crippen LogP contribution in [0.3, 0.4) is 0 Å². The number of carbonyl (C=O) groups is 1. The molecule has 0 saturated carbocycles. The van der Waals surface area contributed by atoms with Gasteiger partial charge in [0, 0.05) is 0 Å². The Bertz CT molecular complexity index is 337. The lowest BCUT2D eigenvalue weighted by atomic mass is 10.0. The van der Waals surface area contributed by atoms with Gasteiger partial charge in [0.15, 0.2) is 6.86 Å². The molecule has 0 aliphatic heterocycles. The molecule has 13 heteroatoms. The second-order valence-electron chi connectivity index (χ2n) is 2.85. The Morgan fingerprint density at radius 2 is 1.21 bits per heavy atom. The first-order chi connectivity index (χ1) is 8.28. The molecule has 19 heavy (non-hydrogen) atoms. The highest BCUT2D eigenvalue weighted by Crippen LogP contribution is 2.45. The second-order valence-corrected chi connectivity index (χ2v) is 2.85. The van der Waals surface area contributed by atoms with Crippen LogP contribution < -0.4 is 0 Å². The summed E-state index contributed by atoms with van der Waals surface area (Å²) in [6.07, 6.45) is -13.3. The van der Waals surface area contributed by atoms with Crippen molar-refractivity contribution >= 4 is 5.78 Å². The number of alkyl halides is 9. The van der Waals surface area contributed by atoms with E-state index in [-0.39, 0.29) is 0 Å². The molecule has 0 fully saturated rings. The molecule has 0 aromatic heterocycles. The van der Waals surface area contributed by atoms with Gasteiger partial charge < -0.3 is 4.74 Å². The average molecular weight is 312 g/mol. The van der Waals surface area contributed by atoms with Crippen LogP contribution >= 0.6 is 0 Å². The van der Waals surface area contributed by atoms with Gasteiger partial charge in [-0.25, -0.2) is 4.39 Å². The Morgan fingerprint density at radius 3 is 1.42 bits per heavy atom. The molecule has 3 nitrogen and oxygen atoms in total. The fraction of sp³-hybridized carbons (Fsp3) is 0.833. The first-order valence-electron chi connectivity index (χ1n) is 3.83. The fourth-order valence-corrected chi connectivity index (χ4v) is 0.766. The normalized spacial score (nSPS) is 19.7. The third-order valence-electron chi connectivity index (χ3n) is 1.67. The van der Waals surface area contributed by atoms with E-state index in [4.69, 9.17) is 0 Å². The number of Topliss-reactive ketones (excluding diaryl/α,β-unsaturated/α-hetero) is 1. The van der Waals surface area contributed by atoms with Crippen LogP contribution in [0.25, 0.3) is 0 Å². The molecular formula is C6H2F10O3. The van der Waals surface area contributed by atoms with Crippen molar-refractivity contribution in [2.75, 3.05) is 6.86 Å². The second kappa shape index (κ2) is 5.11. The van der Waals surface area contributed by atoms with Gasteiger partial charge in [-0.05, 0) is 4.53 Å². The summed E-state index contributed by atoms with van der Waals surface area (Å²) in [5.74, 6) is -16.6. The Morgan fingerprint density at radius 1 is 0.842 bits per heavy atom. The summed E-state index contributed by atoms with van der Waals surface area (Å²) in [6, 6.07) is 0. The predicted octanol–water partition coefficient (Wildman–Crippen LogP) is 2.86. The SMILES string of the molecule is O=C(C(F)(OF)C(F)(F)F)C(F)(OCF)C(F)(F)F. The molecule has 0 saturated heterocycles. The maximum Gasteiger partial charge on any atom is 0.459 e. The lowest BCUT2D eigenvalue weighted by Crippen LogP contribution is -2.62. The van der Waals surface area contributed by atoms with Gasteiger partial charge in [-0.1, -0.05) is 0 Å². The maximum atomic E-state index is 13.0. The van der Waals surface area contributed by atoms with Crippen LogP contribution in [0, 0.1) is 0 Å². The van der Waals surface area contributed by atoms with E-state index in [1.165, 1.54) is 4.94 Å². The molecule has 0 heterocycles. The molecule has 0 N–H and O–H groups in total. The molecule has 2 atom stereocenters. The fourth-order valence-electron chi connectivity index (χ4n) is 0.766. The molecule has 0 aromatic carbocycles. The van der Waals surface area contributed by atoms with Gasteiger partial charge in [0.1, 0.15) is 0 Å². The Hall–Kier alpha value is -1.11. The van der Waals surface area contributed by atoms with Crippen molar-refractivity contribution in [3.8, 4) is 0 Å². The van der Waals surface area contributed by atoms with Gasteiger partial charge in [-0.15, -0.1) is 4.94 Å². The van der Waals surface area contributed by atoms with E-state index >= 15 is 0 Å². The smallest absolute Gasteiger partial charge is 0.301 e. The highest BCUT2D eigenvalue weighted by atomic mass is 19.4. The molecule has 114 valence electrons. The molecule has 0 amide bonds. The molecule has 2 unspecified atom stereocenters. The third-order valence-corrected chi connectivity index (χ3v) is 1.67. The number of ketones is 1. The average Bonchev–Trinajstić information content (AvgIpc) is 2.24. The zero-order valence-corrected chi connectivity index (χ0v) is 8.21. The number of hydrogen-bond donors (Lipinski definition) is 0. The summed E-state index contributed by atoms with van der Waals surface area (Å²) >= 11 is 0. The monoisotopic (exact) mass is 312 g/mol. The van der Waals surface area contributed by atoms with Crippen molar-refractivity contribution in [1.29, 1.82) is 0 Å². The molecule has 0 radical (unpaired) electrons. The summed E-state index contributed by atoms with van der Waals surface area (Å²) in [4.78, 5) is 12.0. The van der Waals surface area contributed by atoms with Crippen molar-refractivity contribution < 1.29 is 58.5 Å². The highest BCUT2D eigenvalue weighted by molar-refractivity contribution is 5.93. The molecule has 0 aliphatic carbocycles. The quantitative estimate of drug-likeness (QED) is 0.732. The Kier molecular flexibility index (Phi) is 4.81. The van der Waals surface area contributed by atoms with Crippen LogP contribution in [0.4, 0.5) is 44.0 Å². The van der Waals surface area contributed by atoms with E-state index in [0.717, 1.165) is 0 Å². The van der Waals surface area contributed by atoms with Crippen LogP contribution in [0.1, 0.15) is 0 Å². The molecule has 0 aromatic rings. The maximum absolute atomic E-state index is 13.0. The van der Waals surface area contributed by atoms with Gasteiger partial charge in [0.25, 0.3) is 5.78 Å². The number of ether oxygens (including phenoxy) is 1. The zero-order chi connectivity index (χ0) is 15.7. The lowest BCUT2D eigenvalue weighted by molar-refractivity contribution is -0.399. The minimum absolute atomic E-state index is 1.47. The predicted molar refractivity (Wildman–Crippen MR) is 34.0 cm³/mol. The van der Waals surface area contributed by atoms with E-state index in [1.54, 1.807) is 0 Å². The van der Waals surface area contributed by atoms with Crippen molar-refractivity contribution in [2.24, 2.45) is 0 Å². The first kappa shape index (κ1) is 17.9. The summed E-state index contributed by atoms with van der Waals surface area (Å²) in [7, 11) is 0. The van der Waals surface area contributed by atoms with Crippen LogP contribution in [-0.4, -0.2) is 36.7 Å². The third kappa shape index (κ3) is 2.91. The minimum atomic E-state index is -6.71. The van der Waals surface area contributed by atoms with Crippen molar-refractivity contribution in [2.45, 2.75) is 24.1 Å². The minimum Gasteiger partial charge on any atom is -0.301 e.